The van der Waals surface area contributed by atoms with Gasteiger partial charge in [-0.05, 0) is 84.8 Å². The van der Waals surface area contributed by atoms with Crippen LogP contribution in [0.4, 0.5) is 0 Å². The smallest absolute Gasteiger partial charge is 0.348 e. The number of hydrogen-bond donors (Lipinski definition) is 0. The van der Waals surface area contributed by atoms with Crippen molar-refractivity contribution in [3.8, 4) is 0 Å². The second-order valence-corrected chi connectivity index (χ2v) is 16.4. The van der Waals surface area contributed by atoms with E-state index in [-0.39, 0.29) is 16.5 Å². The fourth-order valence-electron chi connectivity index (χ4n) is 7.37. The molecular weight excluding hydrogens is 747 g/mol. The Balaban J connectivity index is 0. The summed E-state index contributed by atoms with van der Waals surface area (Å²) in [4.78, 5) is 3.48. The molecule has 0 atom stereocenters. The van der Waals surface area contributed by atoms with E-state index in [1.807, 2.05) is 0 Å². The number of hydrogen-bond acceptors (Lipinski definition) is 0. The van der Waals surface area contributed by atoms with Crippen LogP contribution in [-0.2, 0) is 29.3 Å². The third-order valence-electron chi connectivity index (χ3n) is 10.9. The van der Waals surface area contributed by atoms with E-state index >= 15 is 0 Å². The average Bonchev–Trinajstić information content (AvgIpc) is 3.23. The molecule has 0 heterocycles. The van der Waals surface area contributed by atoms with Gasteiger partial charge < -0.3 is 19.4 Å². The molecule has 58 heavy (non-hydrogen) atoms. The topological polar surface area (TPSA) is 36.4 Å². The quantitative estimate of drug-likeness (QED) is 0.0134. The predicted octanol–water partition coefficient (Wildman–Crippen LogP) is 18.5. The standard InChI is InChI=1S/C41H62N2.2C7H15.Ni/c1-5-9-13-15-17-20-25-36-27-23-30-38(33-36)41(37-29-22-26-35(32-37)24-19-11-7-3)40(31-21-18-16-14-10-6-2)39(34-43-42)28-12-8-4;2*1-3-5-7-6-4-2;/h22-23,26-27,29-30,32-33H,5-21,24-25,28,31H2,1-4H3;2*1,3-7H2,2H3;/q;2*-1;+2. The van der Waals surface area contributed by atoms with Crippen LogP contribution in [0.5, 0.6) is 0 Å². The first-order valence-corrected chi connectivity index (χ1v) is 24.5. The largest absolute Gasteiger partial charge is 2.00 e. The molecule has 3 heteroatoms. The zero-order valence-electron chi connectivity index (χ0n) is 39.2. The first kappa shape index (κ1) is 57.9. The van der Waals surface area contributed by atoms with Gasteiger partial charge in [0, 0.05) is 0 Å². The van der Waals surface area contributed by atoms with Gasteiger partial charge in [-0.15, -0.1) is 4.79 Å². The van der Waals surface area contributed by atoms with Gasteiger partial charge in [0.15, 0.2) is 0 Å². The summed E-state index contributed by atoms with van der Waals surface area (Å²) in [6, 6.07) is 18.6. The molecule has 0 fully saturated rings. The maximum atomic E-state index is 9.73. The number of rotatable bonds is 32. The van der Waals surface area contributed by atoms with Crippen LogP contribution in [0.15, 0.2) is 59.7 Å². The molecule has 0 saturated carbocycles. The van der Waals surface area contributed by atoms with Gasteiger partial charge in [0.2, 0.25) is 0 Å². The van der Waals surface area contributed by atoms with Gasteiger partial charge in [0.1, 0.15) is 0 Å². The van der Waals surface area contributed by atoms with Crippen LogP contribution in [0.2, 0.25) is 0 Å². The Kier molecular flexibility index (Phi) is 44.3. The molecule has 0 aliphatic carbocycles. The van der Waals surface area contributed by atoms with Crippen molar-refractivity contribution >= 4 is 11.4 Å². The fraction of sp³-hybridized carbons (Fsp3) is 0.673. The molecular formula is C55H92N2Ni. The van der Waals surface area contributed by atoms with Crippen LogP contribution in [-0.4, -0.2) is 10.7 Å². The maximum absolute atomic E-state index is 9.73. The first-order chi connectivity index (χ1) is 28.0. The normalized spacial score (nSPS) is 10.9. The summed E-state index contributed by atoms with van der Waals surface area (Å²) >= 11 is 0. The summed E-state index contributed by atoms with van der Waals surface area (Å²) in [5.41, 5.74) is 18.9. The van der Waals surface area contributed by atoms with Crippen molar-refractivity contribution in [1.29, 1.82) is 0 Å². The van der Waals surface area contributed by atoms with Gasteiger partial charge in [-0.2, -0.15) is 12.8 Å². The molecule has 0 saturated heterocycles. The van der Waals surface area contributed by atoms with Crippen molar-refractivity contribution in [2.24, 2.45) is 0 Å². The van der Waals surface area contributed by atoms with Crippen LogP contribution in [0, 0.1) is 13.8 Å². The number of nitrogens with zero attached hydrogens (tertiary/aromatic N) is 2. The van der Waals surface area contributed by atoms with Gasteiger partial charge in [-0.3, -0.25) is 0 Å². The van der Waals surface area contributed by atoms with Gasteiger partial charge in [0.05, 0.1) is 5.57 Å². The van der Waals surface area contributed by atoms with Crippen LogP contribution < -0.4 is 0 Å². The van der Waals surface area contributed by atoms with Crippen LogP contribution in [0.25, 0.3) is 11.1 Å². The molecule has 0 aliphatic heterocycles. The van der Waals surface area contributed by atoms with E-state index in [2.05, 4.69) is 115 Å². The van der Waals surface area contributed by atoms with Crippen LogP contribution >= 0.6 is 0 Å². The van der Waals surface area contributed by atoms with Crippen molar-refractivity contribution in [3.63, 3.8) is 0 Å². The van der Waals surface area contributed by atoms with E-state index in [0.29, 0.717) is 0 Å². The zero-order chi connectivity index (χ0) is 42.0. The van der Waals surface area contributed by atoms with E-state index < -0.39 is 0 Å². The molecule has 0 radical (unpaired) electrons. The van der Waals surface area contributed by atoms with Crippen molar-refractivity contribution in [2.75, 3.05) is 0 Å². The summed E-state index contributed by atoms with van der Waals surface area (Å²) in [5, 5.41) is 0. The molecule has 0 spiro atoms. The van der Waals surface area contributed by atoms with E-state index in [9.17, 15) is 5.53 Å². The zero-order valence-corrected chi connectivity index (χ0v) is 40.2. The van der Waals surface area contributed by atoms with Crippen molar-refractivity contribution in [2.45, 2.75) is 241 Å². The van der Waals surface area contributed by atoms with Crippen molar-refractivity contribution in [3.05, 3.63) is 101 Å². The second-order valence-electron chi connectivity index (χ2n) is 16.4. The Hall–Kier alpha value is -2.17. The minimum absolute atomic E-state index is 0. The van der Waals surface area contributed by atoms with E-state index in [1.165, 1.54) is 175 Å². The Labute approximate surface area is 372 Å². The molecule has 0 N–H and O–H groups in total. The Morgan fingerprint density at radius 3 is 1.29 bits per heavy atom. The summed E-state index contributed by atoms with van der Waals surface area (Å²) in [6.07, 6.45) is 38.6. The molecule has 2 aromatic rings. The molecule has 2 rings (SSSR count). The minimum atomic E-state index is 0. The summed E-state index contributed by atoms with van der Waals surface area (Å²) in [5.74, 6) is 3.07. The molecule has 0 aromatic heterocycles. The number of benzene rings is 2. The summed E-state index contributed by atoms with van der Waals surface area (Å²) < 4.78 is 0. The molecule has 0 bridgehead atoms. The monoisotopic (exact) mass is 839 g/mol. The summed E-state index contributed by atoms with van der Waals surface area (Å²) in [6.45, 7) is 21.0. The van der Waals surface area contributed by atoms with Gasteiger partial charge in [-0.25, -0.2) is 0 Å². The van der Waals surface area contributed by atoms with E-state index in [1.54, 1.807) is 0 Å². The number of allylic oxidation sites excluding steroid dienone is 2. The number of unbranched alkanes of at least 4 members (excludes halogenated alkanes) is 21. The van der Waals surface area contributed by atoms with E-state index in [0.717, 1.165) is 63.4 Å². The molecule has 2 nitrogen and oxygen atoms in total. The Bertz CT molecular complexity index is 1290. The molecule has 0 aliphatic rings. The van der Waals surface area contributed by atoms with Crippen LogP contribution in [0.3, 0.4) is 0 Å². The third kappa shape index (κ3) is 30.8. The Morgan fingerprint density at radius 2 is 0.862 bits per heavy atom. The molecule has 0 amide bonds. The fourth-order valence-corrected chi connectivity index (χ4v) is 7.37. The van der Waals surface area contributed by atoms with Gasteiger partial charge in [-0.1, -0.05) is 225 Å². The maximum Gasteiger partial charge on any atom is 2.00 e. The SMILES string of the molecule is CCCCCCCCC(C(=C=[N+]=[N-])CCCC)=C(c1cccc(CCCCC)c1)c1cccc(CCCCCCCC)c1.[CH2-]CCCCCC.[CH2-]CCCCCC.[Ni+2]. The third-order valence-corrected chi connectivity index (χ3v) is 10.9. The first-order valence-electron chi connectivity index (χ1n) is 24.5. The van der Waals surface area contributed by atoms with Crippen molar-refractivity contribution < 1.29 is 21.3 Å². The molecule has 2 aromatic carbocycles. The van der Waals surface area contributed by atoms with Gasteiger partial charge >= 0.3 is 22.4 Å². The second kappa shape index (κ2) is 44.4. The average molecular weight is 840 g/mol. The predicted molar refractivity (Wildman–Crippen MR) is 257 cm³/mol. The van der Waals surface area contributed by atoms with Crippen molar-refractivity contribution in [1.82, 2.24) is 0 Å². The molecule has 0 unspecified atom stereocenters. The van der Waals surface area contributed by atoms with Gasteiger partial charge in [0.25, 0.3) is 0 Å². The number of aryl methyl sites for hydroxylation is 2. The minimum Gasteiger partial charge on any atom is -0.348 e. The van der Waals surface area contributed by atoms with Crippen LogP contribution in [0.1, 0.15) is 250 Å². The van der Waals surface area contributed by atoms with E-state index in [4.69, 9.17) is 0 Å². The molecule has 332 valence electrons. The Morgan fingerprint density at radius 1 is 0.483 bits per heavy atom. The summed E-state index contributed by atoms with van der Waals surface area (Å²) in [7, 11) is 0.